The molecule has 3 heterocycles. The molecule has 1 atom stereocenters. The van der Waals surface area contributed by atoms with Crippen LogP contribution in [0.2, 0.25) is 0 Å². The van der Waals surface area contributed by atoms with E-state index in [9.17, 15) is 9.59 Å². The van der Waals surface area contributed by atoms with Crippen LogP contribution in [-0.4, -0.2) is 76.7 Å². The van der Waals surface area contributed by atoms with Crippen LogP contribution in [0.1, 0.15) is 47.3 Å². The van der Waals surface area contributed by atoms with Gasteiger partial charge in [-0.1, -0.05) is 24.3 Å². The van der Waals surface area contributed by atoms with Crippen LogP contribution < -0.4 is 10.1 Å². The van der Waals surface area contributed by atoms with Crippen LogP contribution in [-0.2, 0) is 11.3 Å². The third kappa shape index (κ3) is 6.74. The number of nitrogens with one attached hydrogen (secondary N) is 1. The van der Waals surface area contributed by atoms with Gasteiger partial charge in [-0.25, -0.2) is 4.98 Å². The molecule has 1 saturated heterocycles. The van der Waals surface area contributed by atoms with Crippen molar-refractivity contribution in [2.45, 2.75) is 39.3 Å². The molecule has 0 aliphatic carbocycles. The number of nitrogens with zero attached hydrogens (tertiary/aromatic N) is 5. The summed E-state index contributed by atoms with van der Waals surface area (Å²) in [5.74, 6) is 0.596. The van der Waals surface area contributed by atoms with Crippen molar-refractivity contribution in [1.29, 1.82) is 0 Å². The predicted molar refractivity (Wildman–Crippen MR) is 160 cm³/mol. The lowest BCUT2D eigenvalue weighted by atomic mass is 9.99. The molecule has 5 rings (SSSR count). The summed E-state index contributed by atoms with van der Waals surface area (Å²) in [5, 5.41) is 8.60. The molecule has 0 saturated carbocycles. The number of aryl methyl sites for hydroxylation is 1. The number of likely N-dealkylation sites (N-methyl/N-ethyl adjacent to an activating group) is 1. The van der Waals surface area contributed by atoms with E-state index < -0.39 is 0 Å². The van der Waals surface area contributed by atoms with E-state index >= 15 is 0 Å². The van der Waals surface area contributed by atoms with E-state index in [4.69, 9.17) is 9.72 Å². The fraction of sp³-hybridized carbons (Fsp3) is 0.375. The minimum Gasteiger partial charge on any atom is -0.492 e. The van der Waals surface area contributed by atoms with Crippen molar-refractivity contribution < 1.29 is 14.3 Å². The van der Waals surface area contributed by atoms with Crippen molar-refractivity contribution in [1.82, 2.24) is 29.9 Å². The Morgan fingerprint density at radius 1 is 1.10 bits per heavy atom. The van der Waals surface area contributed by atoms with E-state index in [0.717, 1.165) is 65.8 Å². The zero-order valence-electron chi connectivity index (χ0n) is 24.3. The van der Waals surface area contributed by atoms with E-state index in [-0.39, 0.29) is 24.4 Å². The molecule has 0 unspecified atom stereocenters. The Morgan fingerprint density at radius 2 is 1.88 bits per heavy atom. The summed E-state index contributed by atoms with van der Waals surface area (Å²) in [6, 6.07) is 15.2. The molecule has 0 bridgehead atoms. The number of hydrogen-bond donors (Lipinski definition) is 1. The lowest BCUT2D eigenvalue weighted by Crippen LogP contribution is -2.31. The van der Waals surface area contributed by atoms with Crippen LogP contribution in [0.25, 0.3) is 22.2 Å². The molecule has 1 N–H and O–H groups in total. The molecule has 2 aromatic heterocycles. The van der Waals surface area contributed by atoms with Gasteiger partial charge in [0.2, 0.25) is 5.91 Å². The average Bonchev–Trinajstić information content (AvgIpc) is 3.66. The van der Waals surface area contributed by atoms with Crippen LogP contribution in [0.15, 0.2) is 60.9 Å². The minimum atomic E-state index is -0.293. The first-order valence-electron chi connectivity index (χ1n) is 14.2. The maximum Gasteiger partial charge on any atom is 0.252 e. The maximum atomic E-state index is 13.4. The standard InChI is InChI=1S/C32H38N6O3/c1-22-11-12-25(41-16-15-36(3)4)17-27(22)32(40)34-23(2)28-18-30(35-29-10-6-5-9-26(28)29)24-19-33-38(20-24)21-31(39)37-13-7-8-14-37/h5-6,9-12,17-20,23H,7-8,13-16,21H2,1-4H3,(H,34,40)/t23-/m1/s1. The Morgan fingerprint density at radius 3 is 2.66 bits per heavy atom. The van der Waals surface area contributed by atoms with E-state index in [2.05, 4.69) is 15.3 Å². The highest BCUT2D eigenvalue weighted by molar-refractivity contribution is 5.97. The van der Waals surface area contributed by atoms with Crippen molar-refractivity contribution in [2.75, 3.05) is 40.3 Å². The zero-order valence-corrected chi connectivity index (χ0v) is 24.3. The van der Waals surface area contributed by atoms with Crippen LogP contribution in [0.3, 0.4) is 0 Å². The molecule has 4 aromatic rings. The van der Waals surface area contributed by atoms with Gasteiger partial charge in [-0.15, -0.1) is 0 Å². The summed E-state index contributed by atoms with van der Waals surface area (Å²) in [6.07, 6.45) is 5.73. The van der Waals surface area contributed by atoms with Crippen molar-refractivity contribution in [3.8, 4) is 17.0 Å². The minimum absolute atomic E-state index is 0.0862. The van der Waals surface area contributed by atoms with Crippen LogP contribution in [0.4, 0.5) is 0 Å². The highest BCUT2D eigenvalue weighted by Gasteiger charge is 2.20. The van der Waals surface area contributed by atoms with Gasteiger partial charge in [0, 0.05) is 42.3 Å². The first-order valence-corrected chi connectivity index (χ1v) is 14.2. The normalized spacial score (nSPS) is 14.0. The van der Waals surface area contributed by atoms with Gasteiger partial charge in [0.1, 0.15) is 18.9 Å². The lowest BCUT2D eigenvalue weighted by Gasteiger charge is -2.19. The number of rotatable bonds is 10. The summed E-state index contributed by atoms with van der Waals surface area (Å²) < 4.78 is 7.54. The molecule has 9 nitrogen and oxygen atoms in total. The van der Waals surface area contributed by atoms with Gasteiger partial charge in [-0.2, -0.15) is 5.10 Å². The second-order valence-electron chi connectivity index (χ2n) is 11.0. The average molecular weight is 555 g/mol. The number of para-hydroxylation sites is 1. The van der Waals surface area contributed by atoms with Gasteiger partial charge in [0.05, 0.1) is 23.4 Å². The molecule has 214 valence electrons. The number of carbonyl (C=O) groups excluding carboxylic acids is 2. The Labute approximate surface area is 241 Å². The molecular formula is C32H38N6O3. The number of aromatic nitrogens is 3. The third-order valence-electron chi connectivity index (χ3n) is 7.51. The van der Waals surface area contributed by atoms with Crippen LogP contribution in [0.5, 0.6) is 5.75 Å². The predicted octanol–water partition coefficient (Wildman–Crippen LogP) is 4.46. The Bertz CT molecular complexity index is 1540. The second kappa shape index (κ2) is 12.5. The quantitative estimate of drug-likeness (QED) is 0.311. The number of pyridine rings is 1. The van der Waals surface area contributed by atoms with Crippen molar-refractivity contribution in [3.63, 3.8) is 0 Å². The van der Waals surface area contributed by atoms with Gasteiger partial charge in [-0.3, -0.25) is 14.3 Å². The first kappa shape index (κ1) is 28.3. The fourth-order valence-electron chi connectivity index (χ4n) is 5.13. The summed E-state index contributed by atoms with van der Waals surface area (Å²) in [5.41, 5.74) is 4.81. The van der Waals surface area contributed by atoms with Gasteiger partial charge < -0.3 is 19.9 Å². The third-order valence-corrected chi connectivity index (χ3v) is 7.51. The molecule has 1 aliphatic rings. The Kier molecular flexibility index (Phi) is 8.64. The van der Waals surface area contributed by atoms with E-state index in [1.54, 1.807) is 16.9 Å². The number of benzene rings is 2. The van der Waals surface area contributed by atoms with Gasteiger partial charge >= 0.3 is 0 Å². The molecular weight excluding hydrogens is 516 g/mol. The highest BCUT2D eigenvalue weighted by atomic mass is 16.5. The highest BCUT2D eigenvalue weighted by Crippen LogP contribution is 2.29. The molecule has 2 amide bonds. The second-order valence-corrected chi connectivity index (χ2v) is 11.0. The zero-order chi connectivity index (χ0) is 28.9. The first-order chi connectivity index (χ1) is 19.8. The molecule has 1 aliphatic heterocycles. The van der Waals surface area contributed by atoms with Gasteiger partial charge in [-0.05, 0) is 76.2 Å². The van der Waals surface area contributed by atoms with Crippen LogP contribution >= 0.6 is 0 Å². The molecule has 2 aromatic carbocycles. The maximum absolute atomic E-state index is 13.4. The van der Waals surface area contributed by atoms with E-state index in [0.29, 0.717) is 17.9 Å². The molecule has 1 fully saturated rings. The number of hydrogen-bond acceptors (Lipinski definition) is 6. The number of likely N-dealkylation sites (tertiary alicyclic amines) is 1. The van der Waals surface area contributed by atoms with Crippen molar-refractivity contribution in [2.24, 2.45) is 0 Å². The van der Waals surface area contributed by atoms with Crippen molar-refractivity contribution in [3.05, 3.63) is 77.6 Å². The Hall–Kier alpha value is -4.24. The van der Waals surface area contributed by atoms with E-state index in [1.807, 2.05) is 81.5 Å². The lowest BCUT2D eigenvalue weighted by molar-refractivity contribution is -0.130. The number of fused-ring (bicyclic) bond motifs is 1. The number of ether oxygens (including phenoxy) is 1. The summed E-state index contributed by atoms with van der Waals surface area (Å²) in [4.78, 5) is 34.9. The summed E-state index contributed by atoms with van der Waals surface area (Å²) in [7, 11) is 3.99. The number of carbonyl (C=O) groups is 2. The monoisotopic (exact) mass is 554 g/mol. The van der Waals surface area contributed by atoms with Crippen molar-refractivity contribution >= 4 is 22.7 Å². The SMILES string of the molecule is Cc1ccc(OCCN(C)C)cc1C(=O)N[C@H](C)c1cc(-c2cnn(CC(=O)N3CCCC3)c2)nc2ccccc12. The van der Waals surface area contributed by atoms with Crippen LogP contribution in [0, 0.1) is 6.92 Å². The fourth-order valence-corrected chi connectivity index (χ4v) is 5.13. The topological polar surface area (TPSA) is 92.6 Å². The number of amides is 2. The van der Waals surface area contributed by atoms with Gasteiger partial charge in [0.25, 0.3) is 5.91 Å². The van der Waals surface area contributed by atoms with Gasteiger partial charge in [0.15, 0.2) is 0 Å². The molecule has 0 spiro atoms. The summed E-state index contributed by atoms with van der Waals surface area (Å²) >= 11 is 0. The smallest absolute Gasteiger partial charge is 0.252 e. The Balaban J connectivity index is 1.37. The molecule has 41 heavy (non-hydrogen) atoms. The molecule has 0 radical (unpaired) electrons. The largest absolute Gasteiger partial charge is 0.492 e. The molecule has 9 heteroatoms. The summed E-state index contributed by atoms with van der Waals surface area (Å²) in [6.45, 7) is 7.09. The van der Waals surface area contributed by atoms with E-state index in [1.165, 1.54) is 0 Å².